The zero-order chi connectivity index (χ0) is 14.5. The lowest BCUT2D eigenvalue weighted by Crippen LogP contribution is -2.04. The summed E-state index contributed by atoms with van der Waals surface area (Å²) in [6.45, 7) is 2.43. The van der Waals surface area contributed by atoms with E-state index >= 15 is 0 Å². The van der Waals surface area contributed by atoms with Gasteiger partial charge in [0.2, 0.25) is 10.9 Å². The zero-order valence-electron chi connectivity index (χ0n) is 11.9. The van der Waals surface area contributed by atoms with Crippen molar-refractivity contribution >= 4 is 16.7 Å². The second-order valence-corrected chi connectivity index (χ2v) is 4.75. The summed E-state index contributed by atoms with van der Waals surface area (Å²) in [6, 6.07) is 3.78. The van der Waals surface area contributed by atoms with Crippen LogP contribution < -0.4 is 19.5 Å². The van der Waals surface area contributed by atoms with E-state index < -0.39 is 0 Å². The summed E-state index contributed by atoms with van der Waals surface area (Å²) in [4.78, 5) is 4.26. The highest BCUT2D eigenvalue weighted by atomic mass is 32.1. The number of hydrogen-bond acceptors (Lipinski definition) is 7. The molecule has 0 spiro atoms. The van der Waals surface area contributed by atoms with Crippen LogP contribution in [0.15, 0.2) is 12.1 Å². The first-order valence-corrected chi connectivity index (χ1v) is 6.79. The van der Waals surface area contributed by atoms with E-state index in [2.05, 4.69) is 14.7 Å². The minimum absolute atomic E-state index is 0.568. The van der Waals surface area contributed by atoms with Crippen molar-refractivity contribution in [1.29, 1.82) is 0 Å². The van der Waals surface area contributed by atoms with Crippen molar-refractivity contribution in [2.24, 2.45) is 0 Å². The van der Waals surface area contributed by atoms with Crippen LogP contribution in [0, 0.1) is 6.92 Å². The van der Waals surface area contributed by atoms with Gasteiger partial charge in [0, 0.05) is 23.6 Å². The Hall–Kier alpha value is -2.02. The van der Waals surface area contributed by atoms with Crippen LogP contribution in [-0.2, 0) is 6.54 Å². The molecule has 0 aliphatic carbocycles. The molecule has 0 atom stereocenters. The fraction of sp³-hybridized carbons (Fsp3) is 0.385. The minimum Gasteiger partial charge on any atom is -0.493 e. The zero-order valence-corrected chi connectivity index (χ0v) is 12.7. The summed E-state index contributed by atoms with van der Waals surface area (Å²) < 4.78 is 20.2. The molecule has 0 fully saturated rings. The van der Waals surface area contributed by atoms with Crippen LogP contribution in [0.3, 0.4) is 0 Å². The first kappa shape index (κ1) is 14.4. The maximum absolute atomic E-state index is 5.43. The van der Waals surface area contributed by atoms with Gasteiger partial charge in [0.15, 0.2) is 11.5 Å². The molecule has 0 unspecified atom stereocenters. The number of ether oxygens (including phenoxy) is 3. The predicted molar refractivity (Wildman–Crippen MR) is 78.1 cm³/mol. The van der Waals surface area contributed by atoms with Crippen molar-refractivity contribution in [2.45, 2.75) is 13.5 Å². The van der Waals surface area contributed by atoms with Crippen LogP contribution in [0.1, 0.15) is 11.4 Å². The smallest absolute Gasteiger partial charge is 0.203 e. The van der Waals surface area contributed by atoms with E-state index in [1.165, 1.54) is 11.5 Å². The third-order valence-electron chi connectivity index (χ3n) is 2.74. The Kier molecular flexibility index (Phi) is 4.62. The molecule has 0 aliphatic rings. The number of aryl methyl sites for hydroxylation is 1. The highest BCUT2D eigenvalue weighted by molar-refractivity contribution is 7.09. The van der Waals surface area contributed by atoms with Crippen LogP contribution in [0.5, 0.6) is 17.2 Å². The van der Waals surface area contributed by atoms with E-state index in [1.807, 2.05) is 19.1 Å². The van der Waals surface area contributed by atoms with E-state index in [0.29, 0.717) is 23.8 Å². The molecule has 1 heterocycles. The SMILES string of the molecule is COc1ccc(CNc2nc(C)ns2)c(OC)c1OC. The molecule has 7 heteroatoms. The van der Waals surface area contributed by atoms with Crippen molar-refractivity contribution in [3.05, 3.63) is 23.5 Å². The van der Waals surface area contributed by atoms with Crippen molar-refractivity contribution < 1.29 is 14.2 Å². The van der Waals surface area contributed by atoms with Gasteiger partial charge in [0.1, 0.15) is 5.82 Å². The molecule has 1 aromatic carbocycles. The quantitative estimate of drug-likeness (QED) is 0.883. The molecule has 0 bridgehead atoms. The van der Waals surface area contributed by atoms with E-state index in [9.17, 15) is 0 Å². The van der Waals surface area contributed by atoms with Gasteiger partial charge >= 0.3 is 0 Å². The lowest BCUT2D eigenvalue weighted by Gasteiger charge is -2.15. The van der Waals surface area contributed by atoms with Gasteiger partial charge in [-0.15, -0.1) is 0 Å². The molecule has 0 radical (unpaired) electrons. The second-order valence-electron chi connectivity index (χ2n) is 3.99. The van der Waals surface area contributed by atoms with Crippen molar-refractivity contribution in [3.8, 4) is 17.2 Å². The molecule has 2 aromatic rings. The maximum atomic E-state index is 5.43. The van der Waals surface area contributed by atoms with Gasteiger partial charge in [-0.3, -0.25) is 0 Å². The standard InChI is InChI=1S/C13H17N3O3S/c1-8-15-13(20-16-8)14-7-9-5-6-10(17-2)12(19-4)11(9)18-3/h5-6H,7H2,1-4H3,(H,14,15,16). The number of methoxy groups -OCH3 is 3. The number of benzene rings is 1. The van der Waals surface area contributed by atoms with Crippen molar-refractivity contribution in [3.63, 3.8) is 0 Å². The molecule has 108 valence electrons. The van der Waals surface area contributed by atoms with Crippen molar-refractivity contribution in [1.82, 2.24) is 9.36 Å². The molecule has 1 N–H and O–H groups in total. The number of anilines is 1. The largest absolute Gasteiger partial charge is 0.493 e. The van der Waals surface area contributed by atoms with Crippen LogP contribution in [0.4, 0.5) is 5.13 Å². The highest BCUT2D eigenvalue weighted by Gasteiger charge is 2.15. The third kappa shape index (κ3) is 2.93. The van der Waals surface area contributed by atoms with E-state index in [-0.39, 0.29) is 0 Å². The first-order chi connectivity index (χ1) is 9.69. The Balaban J connectivity index is 2.22. The summed E-state index contributed by atoms with van der Waals surface area (Å²) in [6.07, 6.45) is 0. The monoisotopic (exact) mass is 295 g/mol. The normalized spacial score (nSPS) is 10.2. The molecule has 0 saturated heterocycles. The van der Waals surface area contributed by atoms with Gasteiger partial charge in [-0.05, 0) is 19.1 Å². The molecule has 20 heavy (non-hydrogen) atoms. The van der Waals surface area contributed by atoms with Gasteiger partial charge in [-0.2, -0.15) is 4.37 Å². The Morgan fingerprint density at radius 2 is 1.85 bits per heavy atom. The summed E-state index contributed by atoms with van der Waals surface area (Å²) in [5, 5.41) is 3.99. The number of aromatic nitrogens is 2. The lowest BCUT2D eigenvalue weighted by molar-refractivity contribution is 0.322. The number of rotatable bonds is 6. The van der Waals surface area contributed by atoms with Crippen LogP contribution >= 0.6 is 11.5 Å². The molecule has 1 aromatic heterocycles. The summed E-state index contributed by atoms with van der Waals surface area (Å²) in [5.74, 6) is 2.64. The van der Waals surface area contributed by atoms with Crippen LogP contribution in [0.25, 0.3) is 0 Å². The number of nitrogens with zero attached hydrogens (tertiary/aromatic N) is 2. The predicted octanol–water partition coefficient (Wildman–Crippen LogP) is 2.48. The van der Waals surface area contributed by atoms with Crippen LogP contribution in [0.2, 0.25) is 0 Å². The molecule has 6 nitrogen and oxygen atoms in total. The summed E-state index contributed by atoms with van der Waals surface area (Å²) in [5.41, 5.74) is 0.956. The van der Waals surface area contributed by atoms with Gasteiger partial charge < -0.3 is 19.5 Å². The van der Waals surface area contributed by atoms with Crippen LogP contribution in [-0.4, -0.2) is 30.7 Å². The second kappa shape index (κ2) is 6.42. The first-order valence-electron chi connectivity index (χ1n) is 6.01. The topological polar surface area (TPSA) is 65.5 Å². The van der Waals surface area contributed by atoms with Crippen molar-refractivity contribution in [2.75, 3.05) is 26.6 Å². The Morgan fingerprint density at radius 1 is 1.10 bits per heavy atom. The van der Waals surface area contributed by atoms with E-state index in [0.717, 1.165) is 16.5 Å². The maximum Gasteiger partial charge on any atom is 0.203 e. The summed E-state index contributed by atoms with van der Waals surface area (Å²) in [7, 11) is 4.79. The fourth-order valence-electron chi connectivity index (χ4n) is 1.84. The molecule has 0 saturated carbocycles. The number of hydrogen-bond donors (Lipinski definition) is 1. The molecule has 0 amide bonds. The van der Waals surface area contributed by atoms with Gasteiger partial charge in [-0.25, -0.2) is 4.98 Å². The van der Waals surface area contributed by atoms with E-state index in [4.69, 9.17) is 14.2 Å². The van der Waals surface area contributed by atoms with Gasteiger partial charge in [0.05, 0.1) is 21.3 Å². The van der Waals surface area contributed by atoms with Gasteiger partial charge in [0.25, 0.3) is 0 Å². The molecular weight excluding hydrogens is 278 g/mol. The molecular formula is C13H17N3O3S. The van der Waals surface area contributed by atoms with Gasteiger partial charge in [-0.1, -0.05) is 0 Å². The Bertz CT molecular complexity index is 586. The Labute approximate surface area is 121 Å². The third-order valence-corrected chi connectivity index (χ3v) is 3.51. The summed E-state index contributed by atoms with van der Waals surface area (Å²) >= 11 is 1.33. The van der Waals surface area contributed by atoms with E-state index in [1.54, 1.807) is 21.3 Å². The highest BCUT2D eigenvalue weighted by Crippen LogP contribution is 2.39. The lowest BCUT2D eigenvalue weighted by atomic mass is 10.1. The minimum atomic E-state index is 0.568. The average molecular weight is 295 g/mol. The average Bonchev–Trinajstić information content (AvgIpc) is 2.89. The number of nitrogens with one attached hydrogen (secondary N) is 1. The fourth-order valence-corrected chi connectivity index (χ4v) is 2.41. The molecule has 0 aliphatic heterocycles. The Morgan fingerprint density at radius 3 is 2.40 bits per heavy atom. The molecule has 2 rings (SSSR count).